The smallest absolute Gasteiger partial charge is 0.357 e. The average Bonchev–Trinajstić information content (AvgIpc) is 2.80. The third-order valence-electron chi connectivity index (χ3n) is 5.90. The molecule has 1 aliphatic rings. The van der Waals surface area contributed by atoms with Gasteiger partial charge in [-0.2, -0.15) is 0 Å². The molecule has 3 aromatic rings. The second-order valence-electron chi connectivity index (χ2n) is 7.85. The molecule has 1 aromatic heterocycles. The molecule has 4 rings (SSSR count). The van der Waals surface area contributed by atoms with Gasteiger partial charge < -0.3 is 19.1 Å². The highest BCUT2D eigenvalue weighted by Crippen LogP contribution is 2.34. The van der Waals surface area contributed by atoms with Crippen LogP contribution in [-0.4, -0.2) is 53.6 Å². The first-order chi connectivity index (χ1) is 15.3. The summed E-state index contributed by atoms with van der Waals surface area (Å²) in [6.45, 7) is 3.47. The first-order valence-corrected chi connectivity index (χ1v) is 10.3. The first-order valence-electron chi connectivity index (χ1n) is 10.3. The normalized spacial score (nSPS) is 14.0. The summed E-state index contributed by atoms with van der Waals surface area (Å²) in [4.78, 5) is 40.5. The van der Waals surface area contributed by atoms with Crippen LogP contribution in [0.2, 0.25) is 0 Å². The number of aryl methyl sites for hydroxylation is 2. The predicted molar refractivity (Wildman–Crippen MR) is 122 cm³/mol. The van der Waals surface area contributed by atoms with Gasteiger partial charge in [0.15, 0.2) is 0 Å². The van der Waals surface area contributed by atoms with Gasteiger partial charge >= 0.3 is 11.2 Å². The van der Waals surface area contributed by atoms with Crippen LogP contribution in [0.5, 0.6) is 5.75 Å². The molecule has 9 nitrogen and oxygen atoms in total. The van der Waals surface area contributed by atoms with Crippen molar-refractivity contribution in [2.24, 2.45) is 7.05 Å². The van der Waals surface area contributed by atoms with Crippen molar-refractivity contribution in [3.8, 4) is 5.75 Å². The Morgan fingerprint density at radius 3 is 2.31 bits per heavy atom. The van der Waals surface area contributed by atoms with E-state index in [1.165, 1.54) is 4.57 Å². The second-order valence-corrected chi connectivity index (χ2v) is 7.85. The van der Waals surface area contributed by atoms with Gasteiger partial charge in [0.05, 0.1) is 17.5 Å². The number of methoxy groups -OCH3 is 1. The van der Waals surface area contributed by atoms with Crippen molar-refractivity contribution < 1.29 is 14.5 Å². The number of aromatic nitrogens is 1. The van der Waals surface area contributed by atoms with E-state index in [4.69, 9.17) is 4.74 Å². The van der Waals surface area contributed by atoms with Gasteiger partial charge in [-0.05, 0) is 43.3 Å². The summed E-state index contributed by atoms with van der Waals surface area (Å²) in [5.41, 5.74) is 1.39. The number of ether oxygens (including phenoxy) is 1. The maximum absolute atomic E-state index is 12.9. The van der Waals surface area contributed by atoms with E-state index < -0.39 is 16.2 Å². The number of anilines is 1. The highest BCUT2D eigenvalue weighted by atomic mass is 16.6. The number of nitrogens with zero attached hydrogens (tertiary/aromatic N) is 4. The maximum atomic E-state index is 12.9. The molecule has 0 saturated carbocycles. The van der Waals surface area contributed by atoms with E-state index in [1.807, 2.05) is 30.0 Å². The van der Waals surface area contributed by atoms with Crippen LogP contribution >= 0.6 is 0 Å². The maximum Gasteiger partial charge on any atom is 0.357 e. The molecule has 0 aliphatic carbocycles. The van der Waals surface area contributed by atoms with Gasteiger partial charge in [-0.3, -0.25) is 19.7 Å². The monoisotopic (exact) mass is 436 g/mol. The van der Waals surface area contributed by atoms with Crippen LogP contribution in [0.25, 0.3) is 10.9 Å². The lowest BCUT2D eigenvalue weighted by Crippen LogP contribution is -2.49. The highest BCUT2D eigenvalue weighted by Gasteiger charge is 2.31. The molecular weight excluding hydrogens is 412 g/mol. The van der Waals surface area contributed by atoms with Crippen molar-refractivity contribution in [2.75, 3.05) is 38.2 Å². The number of hydrogen-bond donors (Lipinski definition) is 0. The van der Waals surface area contributed by atoms with Gasteiger partial charge in [0.25, 0.3) is 5.91 Å². The summed E-state index contributed by atoms with van der Waals surface area (Å²) in [7, 11) is 3.11. The van der Waals surface area contributed by atoms with Crippen molar-refractivity contribution in [1.29, 1.82) is 0 Å². The number of pyridine rings is 1. The van der Waals surface area contributed by atoms with E-state index in [1.54, 1.807) is 43.3 Å². The minimum Gasteiger partial charge on any atom is -0.497 e. The molecule has 1 amide bonds. The Morgan fingerprint density at radius 2 is 1.72 bits per heavy atom. The lowest BCUT2D eigenvalue weighted by atomic mass is 10.1. The van der Waals surface area contributed by atoms with E-state index >= 15 is 0 Å². The first kappa shape index (κ1) is 21.4. The van der Waals surface area contributed by atoms with Gasteiger partial charge in [-0.15, -0.1) is 0 Å². The van der Waals surface area contributed by atoms with Crippen LogP contribution in [0, 0.1) is 17.0 Å². The molecule has 1 aliphatic heterocycles. The molecule has 9 heteroatoms. The average molecular weight is 436 g/mol. The Balaban J connectivity index is 1.66. The number of hydrogen-bond acceptors (Lipinski definition) is 6. The molecule has 32 heavy (non-hydrogen) atoms. The molecule has 2 aromatic carbocycles. The summed E-state index contributed by atoms with van der Waals surface area (Å²) in [6, 6.07) is 12.5. The number of nitro groups is 1. The fourth-order valence-corrected chi connectivity index (χ4v) is 4.16. The molecular formula is C23H24N4O5. The number of carbonyl (C=O) groups is 1. The van der Waals surface area contributed by atoms with Crippen molar-refractivity contribution in [3.05, 3.63) is 74.1 Å². The molecule has 0 bridgehead atoms. The number of piperazine rings is 1. The Kier molecular flexibility index (Phi) is 5.56. The molecule has 1 fully saturated rings. The van der Waals surface area contributed by atoms with Gasteiger partial charge in [-0.25, -0.2) is 0 Å². The summed E-state index contributed by atoms with van der Waals surface area (Å²) in [6.07, 6.45) is 0. The van der Waals surface area contributed by atoms with Crippen LogP contribution in [-0.2, 0) is 7.05 Å². The number of rotatable bonds is 4. The van der Waals surface area contributed by atoms with Gasteiger partial charge in [0, 0.05) is 44.2 Å². The van der Waals surface area contributed by atoms with Crippen LogP contribution < -0.4 is 15.2 Å². The Hall–Kier alpha value is -3.88. The Bertz CT molecular complexity index is 1260. The third-order valence-corrected chi connectivity index (χ3v) is 5.90. The van der Waals surface area contributed by atoms with Gasteiger partial charge in [0.1, 0.15) is 11.4 Å². The largest absolute Gasteiger partial charge is 0.497 e. The van der Waals surface area contributed by atoms with E-state index in [-0.39, 0.29) is 5.91 Å². The molecule has 0 spiro atoms. The van der Waals surface area contributed by atoms with Crippen LogP contribution in [0.3, 0.4) is 0 Å². The zero-order chi connectivity index (χ0) is 23.0. The highest BCUT2D eigenvalue weighted by molar-refractivity contribution is 5.98. The minimum absolute atomic E-state index is 0.105. The van der Waals surface area contributed by atoms with Crippen molar-refractivity contribution in [3.63, 3.8) is 0 Å². The molecule has 0 atom stereocenters. The summed E-state index contributed by atoms with van der Waals surface area (Å²) in [5, 5.41) is 12.5. The van der Waals surface area contributed by atoms with Crippen LogP contribution in [0.15, 0.2) is 47.3 Å². The SMILES string of the molecule is COc1ccc(C(=O)N2CCN(c3c([N+](=O)[O-])c(=O)n(C)c4ccc(C)cc34)CC2)cc1. The number of benzene rings is 2. The van der Waals surface area contributed by atoms with E-state index in [0.29, 0.717) is 54.1 Å². The number of fused-ring (bicyclic) bond motifs is 1. The molecule has 0 N–H and O–H groups in total. The fraction of sp³-hybridized carbons (Fsp3) is 0.304. The Labute approximate surface area is 184 Å². The molecule has 0 unspecified atom stereocenters. The summed E-state index contributed by atoms with van der Waals surface area (Å²) < 4.78 is 6.45. The van der Waals surface area contributed by atoms with Crippen molar-refractivity contribution in [2.45, 2.75) is 6.92 Å². The van der Waals surface area contributed by atoms with Crippen LogP contribution in [0.1, 0.15) is 15.9 Å². The second kappa shape index (κ2) is 8.33. The van der Waals surface area contributed by atoms with Gasteiger partial charge in [-0.1, -0.05) is 11.6 Å². The van der Waals surface area contributed by atoms with Crippen molar-refractivity contribution >= 4 is 28.2 Å². The summed E-state index contributed by atoms with van der Waals surface area (Å²) >= 11 is 0. The quantitative estimate of drug-likeness (QED) is 0.461. The third kappa shape index (κ3) is 3.66. The number of amides is 1. The standard InChI is InChI=1S/C23H24N4O5/c1-15-4-9-19-18(14-15)20(21(27(30)31)23(29)24(19)2)25-10-12-26(13-11-25)22(28)16-5-7-17(32-3)8-6-16/h4-9,14H,10-13H2,1-3H3. The fourth-order valence-electron chi connectivity index (χ4n) is 4.16. The van der Waals surface area contributed by atoms with Crippen LogP contribution in [0.4, 0.5) is 11.4 Å². The zero-order valence-electron chi connectivity index (χ0n) is 18.2. The predicted octanol–water partition coefficient (Wildman–Crippen LogP) is 2.73. The van der Waals surface area contributed by atoms with Crippen molar-refractivity contribution in [1.82, 2.24) is 9.47 Å². The molecule has 2 heterocycles. The molecule has 166 valence electrons. The van der Waals surface area contributed by atoms with E-state index in [9.17, 15) is 19.7 Å². The zero-order valence-corrected chi connectivity index (χ0v) is 18.2. The Morgan fingerprint density at radius 1 is 1.06 bits per heavy atom. The topological polar surface area (TPSA) is 97.9 Å². The van der Waals surface area contributed by atoms with Gasteiger partial charge in [0.2, 0.25) is 0 Å². The van der Waals surface area contributed by atoms with E-state index in [2.05, 4.69) is 0 Å². The lowest BCUT2D eigenvalue weighted by Gasteiger charge is -2.36. The minimum atomic E-state index is -0.641. The van der Waals surface area contributed by atoms with E-state index in [0.717, 1.165) is 5.56 Å². The molecule has 0 radical (unpaired) electrons. The lowest BCUT2D eigenvalue weighted by molar-refractivity contribution is -0.385. The summed E-state index contributed by atoms with van der Waals surface area (Å²) in [5.74, 6) is 0.568. The molecule has 1 saturated heterocycles. The number of carbonyl (C=O) groups excluding carboxylic acids is 1.